The molecule has 0 bridgehead atoms. The summed E-state index contributed by atoms with van der Waals surface area (Å²) in [5, 5.41) is 4.80. The van der Waals surface area contributed by atoms with Crippen molar-refractivity contribution in [1.82, 2.24) is 14.6 Å². The van der Waals surface area contributed by atoms with Gasteiger partial charge >= 0.3 is 0 Å². The summed E-state index contributed by atoms with van der Waals surface area (Å²) >= 11 is 5.91. The lowest BCUT2D eigenvalue weighted by molar-refractivity contribution is 0.870. The van der Waals surface area contributed by atoms with Gasteiger partial charge < -0.3 is 0 Å². The fourth-order valence-electron chi connectivity index (χ4n) is 1.50. The molecular formula is C10H12ClN3. The van der Waals surface area contributed by atoms with Crippen LogP contribution in [0.3, 0.4) is 0 Å². The second-order valence-electron chi connectivity index (χ2n) is 3.71. The maximum Gasteiger partial charge on any atom is 0.160 e. The van der Waals surface area contributed by atoms with Gasteiger partial charge in [0, 0.05) is 11.3 Å². The number of aryl methyl sites for hydroxylation is 1. The van der Waals surface area contributed by atoms with Crippen molar-refractivity contribution in [3.8, 4) is 0 Å². The van der Waals surface area contributed by atoms with E-state index < -0.39 is 0 Å². The highest BCUT2D eigenvalue weighted by Gasteiger charge is 2.10. The summed E-state index contributed by atoms with van der Waals surface area (Å²) in [4.78, 5) is 4.28. The first-order valence-corrected chi connectivity index (χ1v) is 4.98. The number of rotatable bonds is 1. The van der Waals surface area contributed by atoms with Crippen molar-refractivity contribution in [3.63, 3.8) is 0 Å². The molecule has 0 spiro atoms. The van der Waals surface area contributed by atoms with Gasteiger partial charge in [0.15, 0.2) is 5.65 Å². The summed E-state index contributed by atoms with van der Waals surface area (Å²) in [7, 11) is 0. The fraction of sp³-hybridized carbons (Fsp3) is 0.400. The van der Waals surface area contributed by atoms with Crippen LogP contribution in [0.25, 0.3) is 5.65 Å². The summed E-state index contributed by atoms with van der Waals surface area (Å²) in [5.74, 6) is 0.415. The van der Waals surface area contributed by atoms with Crippen molar-refractivity contribution in [3.05, 3.63) is 28.7 Å². The Morgan fingerprint density at radius 1 is 1.43 bits per heavy atom. The van der Waals surface area contributed by atoms with Gasteiger partial charge in [0.2, 0.25) is 0 Å². The Labute approximate surface area is 87.7 Å². The van der Waals surface area contributed by atoms with Gasteiger partial charge in [-0.15, -0.1) is 0 Å². The van der Waals surface area contributed by atoms with Gasteiger partial charge in [-0.05, 0) is 18.9 Å². The van der Waals surface area contributed by atoms with E-state index >= 15 is 0 Å². The number of halogens is 1. The van der Waals surface area contributed by atoms with Crippen molar-refractivity contribution in [1.29, 1.82) is 0 Å². The molecule has 0 fully saturated rings. The summed E-state index contributed by atoms with van der Waals surface area (Å²) < 4.78 is 1.82. The molecule has 0 aliphatic rings. The second-order valence-corrected chi connectivity index (χ2v) is 4.10. The van der Waals surface area contributed by atoms with Crippen molar-refractivity contribution < 1.29 is 0 Å². The molecule has 0 saturated carbocycles. The topological polar surface area (TPSA) is 30.2 Å². The van der Waals surface area contributed by atoms with Gasteiger partial charge in [0.25, 0.3) is 0 Å². The highest BCUT2D eigenvalue weighted by molar-refractivity contribution is 6.29. The Morgan fingerprint density at radius 2 is 2.14 bits per heavy atom. The highest BCUT2D eigenvalue weighted by atomic mass is 35.5. The summed E-state index contributed by atoms with van der Waals surface area (Å²) in [6, 6.07) is 1.81. The van der Waals surface area contributed by atoms with Gasteiger partial charge in [-0.1, -0.05) is 25.4 Å². The molecule has 0 atom stereocenters. The molecule has 0 aliphatic heterocycles. The SMILES string of the molecule is Cc1cc(Cl)nc2c(C(C)C)cnn12. The zero-order chi connectivity index (χ0) is 10.3. The molecule has 3 nitrogen and oxygen atoms in total. The Morgan fingerprint density at radius 3 is 2.79 bits per heavy atom. The first kappa shape index (κ1) is 9.46. The van der Waals surface area contributed by atoms with E-state index in [1.807, 2.05) is 23.7 Å². The first-order valence-electron chi connectivity index (χ1n) is 4.60. The largest absolute Gasteiger partial charge is 0.219 e. The standard InChI is InChI=1S/C10H12ClN3/c1-6(2)8-5-12-14-7(3)4-9(11)13-10(8)14/h4-6H,1-3H3. The number of nitrogens with zero attached hydrogens (tertiary/aromatic N) is 3. The molecule has 4 heteroatoms. The van der Waals surface area contributed by atoms with Crippen LogP contribution in [0.2, 0.25) is 5.15 Å². The molecule has 0 amide bonds. The Hall–Kier alpha value is -1.09. The maximum absolute atomic E-state index is 5.91. The van der Waals surface area contributed by atoms with Crippen LogP contribution in [-0.2, 0) is 0 Å². The first-order chi connectivity index (χ1) is 6.59. The monoisotopic (exact) mass is 209 g/mol. The van der Waals surface area contributed by atoms with Crippen LogP contribution in [-0.4, -0.2) is 14.6 Å². The van der Waals surface area contributed by atoms with Gasteiger partial charge in [-0.2, -0.15) is 5.10 Å². The molecule has 2 rings (SSSR count). The van der Waals surface area contributed by atoms with Crippen molar-refractivity contribution >= 4 is 17.2 Å². The quantitative estimate of drug-likeness (QED) is 0.677. The van der Waals surface area contributed by atoms with E-state index in [4.69, 9.17) is 11.6 Å². The Kier molecular flexibility index (Phi) is 2.19. The molecule has 2 aromatic rings. The van der Waals surface area contributed by atoms with E-state index in [0.29, 0.717) is 11.1 Å². The summed E-state index contributed by atoms with van der Waals surface area (Å²) in [6.07, 6.45) is 1.86. The molecule has 0 saturated heterocycles. The number of hydrogen-bond donors (Lipinski definition) is 0. The van der Waals surface area contributed by atoms with Gasteiger partial charge in [-0.3, -0.25) is 0 Å². The third-order valence-electron chi connectivity index (χ3n) is 2.27. The number of hydrogen-bond acceptors (Lipinski definition) is 2. The number of aromatic nitrogens is 3. The Bertz CT molecular complexity index is 473. The van der Waals surface area contributed by atoms with Crippen LogP contribution in [0.4, 0.5) is 0 Å². The van der Waals surface area contributed by atoms with Gasteiger partial charge in [-0.25, -0.2) is 9.50 Å². The molecule has 0 aromatic carbocycles. The predicted octanol–water partition coefficient (Wildman–Crippen LogP) is 2.81. The van der Waals surface area contributed by atoms with Gasteiger partial charge in [0.05, 0.1) is 6.20 Å². The summed E-state index contributed by atoms with van der Waals surface area (Å²) in [6.45, 7) is 6.21. The van der Waals surface area contributed by atoms with Crippen LogP contribution in [0.5, 0.6) is 0 Å². The van der Waals surface area contributed by atoms with Crippen molar-refractivity contribution in [2.75, 3.05) is 0 Å². The van der Waals surface area contributed by atoms with E-state index in [2.05, 4.69) is 23.9 Å². The highest BCUT2D eigenvalue weighted by Crippen LogP contribution is 2.21. The average Bonchev–Trinajstić information content (AvgIpc) is 2.47. The van der Waals surface area contributed by atoms with Crippen LogP contribution in [0.1, 0.15) is 31.0 Å². The lowest BCUT2D eigenvalue weighted by atomic mass is 10.1. The molecule has 14 heavy (non-hydrogen) atoms. The van der Waals surface area contributed by atoms with E-state index in [1.165, 1.54) is 0 Å². The van der Waals surface area contributed by atoms with Crippen molar-refractivity contribution in [2.24, 2.45) is 0 Å². The summed E-state index contributed by atoms with van der Waals surface area (Å²) in [5.41, 5.74) is 3.01. The third kappa shape index (κ3) is 1.38. The molecule has 0 radical (unpaired) electrons. The Balaban J connectivity index is 2.78. The van der Waals surface area contributed by atoms with Gasteiger partial charge in [0.1, 0.15) is 5.15 Å². The lowest BCUT2D eigenvalue weighted by Gasteiger charge is -2.03. The number of fused-ring (bicyclic) bond motifs is 1. The van der Waals surface area contributed by atoms with Crippen LogP contribution < -0.4 is 0 Å². The zero-order valence-corrected chi connectivity index (χ0v) is 9.21. The third-order valence-corrected chi connectivity index (χ3v) is 2.46. The molecular weight excluding hydrogens is 198 g/mol. The molecule has 74 valence electrons. The minimum absolute atomic E-state index is 0.415. The minimum Gasteiger partial charge on any atom is -0.219 e. The van der Waals surface area contributed by atoms with Crippen molar-refractivity contribution in [2.45, 2.75) is 26.7 Å². The molecule has 2 aromatic heterocycles. The fourth-order valence-corrected chi connectivity index (χ4v) is 1.74. The van der Waals surface area contributed by atoms with E-state index in [0.717, 1.165) is 16.9 Å². The van der Waals surface area contributed by atoms with Crippen LogP contribution in [0.15, 0.2) is 12.3 Å². The normalized spacial score (nSPS) is 11.5. The average molecular weight is 210 g/mol. The smallest absolute Gasteiger partial charge is 0.160 e. The molecule has 2 heterocycles. The van der Waals surface area contributed by atoms with Crippen LogP contribution >= 0.6 is 11.6 Å². The minimum atomic E-state index is 0.415. The predicted molar refractivity (Wildman–Crippen MR) is 56.8 cm³/mol. The van der Waals surface area contributed by atoms with E-state index in [9.17, 15) is 0 Å². The lowest BCUT2D eigenvalue weighted by Crippen LogP contribution is -1.97. The molecule has 0 aliphatic carbocycles. The molecule has 0 unspecified atom stereocenters. The van der Waals surface area contributed by atoms with E-state index in [1.54, 1.807) is 0 Å². The molecule has 0 N–H and O–H groups in total. The second kappa shape index (κ2) is 3.24. The van der Waals surface area contributed by atoms with E-state index in [-0.39, 0.29) is 0 Å². The zero-order valence-electron chi connectivity index (χ0n) is 8.45. The maximum atomic E-state index is 5.91. The van der Waals surface area contributed by atoms with Crippen LogP contribution in [0, 0.1) is 6.92 Å².